The third-order valence-electron chi connectivity index (χ3n) is 3.66. The van der Waals surface area contributed by atoms with Crippen LogP contribution in [0.25, 0.3) is 0 Å². The second-order valence-corrected chi connectivity index (χ2v) is 5.14. The Bertz CT molecular complexity index is 616. The number of amides is 2. The van der Waals surface area contributed by atoms with Crippen LogP contribution in [0.1, 0.15) is 28.9 Å². The summed E-state index contributed by atoms with van der Waals surface area (Å²) in [5.74, 6) is -1.16. The van der Waals surface area contributed by atoms with Gasteiger partial charge in [0.1, 0.15) is 5.69 Å². The van der Waals surface area contributed by atoms with E-state index in [9.17, 15) is 22.8 Å². The van der Waals surface area contributed by atoms with Crippen LogP contribution in [0.4, 0.5) is 13.2 Å². The predicted octanol–water partition coefficient (Wildman–Crippen LogP) is 2.01. The molecule has 1 aromatic heterocycles. The molecule has 1 unspecified atom stereocenters. The number of rotatable bonds is 4. The number of likely N-dealkylation sites (tertiary alicyclic amines) is 1. The van der Waals surface area contributed by atoms with Crippen molar-refractivity contribution < 1.29 is 22.8 Å². The number of hydrogen-bond donors (Lipinski definition) is 1. The number of carbonyl (C=O) groups is 2. The minimum absolute atomic E-state index is 0.0757. The third kappa shape index (κ3) is 3.88. The van der Waals surface area contributed by atoms with E-state index in [0.717, 1.165) is 24.8 Å². The van der Waals surface area contributed by atoms with Gasteiger partial charge >= 0.3 is 6.18 Å². The molecule has 2 heterocycles. The first-order valence-electron chi connectivity index (χ1n) is 7.08. The fourth-order valence-electron chi connectivity index (χ4n) is 2.56. The molecular formula is C15H16F3N3O2. The van der Waals surface area contributed by atoms with Crippen molar-refractivity contribution in [2.24, 2.45) is 0 Å². The Labute approximate surface area is 131 Å². The highest BCUT2D eigenvalue weighted by molar-refractivity contribution is 5.94. The van der Waals surface area contributed by atoms with E-state index in [1.54, 1.807) is 4.90 Å². The van der Waals surface area contributed by atoms with E-state index >= 15 is 0 Å². The summed E-state index contributed by atoms with van der Waals surface area (Å²) in [5, 5.41) is 2.43. The highest BCUT2D eigenvalue weighted by Gasteiger charge is 2.36. The normalized spacial score (nSPS) is 17.9. The Balaban J connectivity index is 2.06. The van der Waals surface area contributed by atoms with Gasteiger partial charge in [0.05, 0.1) is 5.56 Å². The average Bonchev–Trinajstić information content (AvgIpc) is 2.99. The Morgan fingerprint density at radius 3 is 2.87 bits per heavy atom. The zero-order valence-corrected chi connectivity index (χ0v) is 12.3. The van der Waals surface area contributed by atoms with Gasteiger partial charge in [-0.15, -0.1) is 0 Å². The SMILES string of the molecule is C=CC(=O)N1CCCC1CNC(=O)c1ncccc1C(F)(F)F. The molecular weight excluding hydrogens is 311 g/mol. The molecule has 1 fully saturated rings. The van der Waals surface area contributed by atoms with Crippen LogP contribution >= 0.6 is 0 Å². The molecule has 0 radical (unpaired) electrons. The van der Waals surface area contributed by atoms with Crippen molar-refractivity contribution in [2.75, 3.05) is 13.1 Å². The fourth-order valence-corrected chi connectivity index (χ4v) is 2.56. The molecule has 0 aromatic carbocycles. The van der Waals surface area contributed by atoms with Crippen LogP contribution in [-0.4, -0.2) is 40.8 Å². The van der Waals surface area contributed by atoms with E-state index < -0.39 is 23.3 Å². The lowest BCUT2D eigenvalue weighted by atomic mass is 10.1. The molecule has 124 valence electrons. The molecule has 1 aromatic rings. The first-order valence-corrected chi connectivity index (χ1v) is 7.08. The third-order valence-corrected chi connectivity index (χ3v) is 3.66. The van der Waals surface area contributed by atoms with Crippen LogP contribution in [0, 0.1) is 0 Å². The molecule has 1 saturated heterocycles. The van der Waals surface area contributed by atoms with Gasteiger partial charge in [-0.3, -0.25) is 14.6 Å². The number of alkyl halides is 3. The highest BCUT2D eigenvalue weighted by Crippen LogP contribution is 2.30. The number of halogens is 3. The summed E-state index contributed by atoms with van der Waals surface area (Å²) in [6.07, 6.45) is -0.890. The van der Waals surface area contributed by atoms with E-state index in [1.807, 2.05) is 0 Å². The molecule has 0 aliphatic carbocycles. The van der Waals surface area contributed by atoms with Crippen molar-refractivity contribution in [3.05, 3.63) is 42.2 Å². The standard InChI is InChI=1S/C15H16F3N3O2/c1-2-12(22)21-8-4-5-10(21)9-20-14(23)13-11(15(16,17)18)6-3-7-19-13/h2-3,6-7,10H,1,4-5,8-9H2,(H,20,23). The Hall–Kier alpha value is -2.38. The molecule has 1 aliphatic heterocycles. The van der Waals surface area contributed by atoms with Gasteiger partial charge in [-0.25, -0.2) is 0 Å². The summed E-state index contributed by atoms with van der Waals surface area (Å²) < 4.78 is 38.6. The lowest BCUT2D eigenvalue weighted by Gasteiger charge is -2.23. The topological polar surface area (TPSA) is 62.3 Å². The molecule has 1 aliphatic rings. The van der Waals surface area contributed by atoms with Crippen molar-refractivity contribution >= 4 is 11.8 Å². The number of nitrogens with zero attached hydrogens (tertiary/aromatic N) is 2. The van der Waals surface area contributed by atoms with E-state index in [0.29, 0.717) is 13.0 Å². The average molecular weight is 327 g/mol. The molecule has 5 nitrogen and oxygen atoms in total. The molecule has 2 rings (SSSR count). The van der Waals surface area contributed by atoms with Crippen LogP contribution in [0.3, 0.4) is 0 Å². The number of nitrogens with one attached hydrogen (secondary N) is 1. The second-order valence-electron chi connectivity index (χ2n) is 5.14. The molecule has 23 heavy (non-hydrogen) atoms. The zero-order valence-electron chi connectivity index (χ0n) is 12.3. The van der Waals surface area contributed by atoms with Crippen molar-refractivity contribution in [1.82, 2.24) is 15.2 Å². The summed E-state index contributed by atoms with van der Waals surface area (Å²) in [7, 11) is 0. The van der Waals surface area contributed by atoms with Crippen LogP contribution in [0.15, 0.2) is 31.0 Å². The maximum absolute atomic E-state index is 12.9. The van der Waals surface area contributed by atoms with Crippen molar-refractivity contribution in [1.29, 1.82) is 0 Å². The lowest BCUT2D eigenvalue weighted by molar-refractivity contribution is -0.138. The molecule has 0 bridgehead atoms. The molecule has 1 N–H and O–H groups in total. The van der Waals surface area contributed by atoms with E-state index in [1.165, 1.54) is 6.08 Å². The zero-order chi connectivity index (χ0) is 17.0. The van der Waals surface area contributed by atoms with E-state index in [-0.39, 0.29) is 18.5 Å². The highest BCUT2D eigenvalue weighted by atomic mass is 19.4. The number of hydrogen-bond acceptors (Lipinski definition) is 3. The monoisotopic (exact) mass is 327 g/mol. The van der Waals surface area contributed by atoms with Gasteiger partial charge in [-0.2, -0.15) is 13.2 Å². The Morgan fingerprint density at radius 2 is 2.22 bits per heavy atom. The van der Waals surface area contributed by atoms with Crippen molar-refractivity contribution in [3.8, 4) is 0 Å². The van der Waals surface area contributed by atoms with Crippen molar-refractivity contribution in [3.63, 3.8) is 0 Å². The van der Waals surface area contributed by atoms with Gasteiger partial charge in [0.15, 0.2) is 0 Å². The second kappa shape index (κ2) is 6.80. The van der Waals surface area contributed by atoms with Crippen LogP contribution in [0.2, 0.25) is 0 Å². The van der Waals surface area contributed by atoms with Gasteiger partial charge in [0, 0.05) is 25.3 Å². The number of pyridine rings is 1. The summed E-state index contributed by atoms with van der Waals surface area (Å²) in [6, 6.07) is 1.69. The molecule has 2 amide bonds. The van der Waals surface area contributed by atoms with Crippen LogP contribution in [0.5, 0.6) is 0 Å². The van der Waals surface area contributed by atoms with Crippen LogP contribution in [-0.2, 0) is 11.0 Å². The molecule has 8 heteroatoms. The van der Waals surface area contributed by atoms with E-state index in [4.69, 9.17) is 0 Å². The van der Waals surface area contributed by atoms with Gasteiger partial charge in [0.25, 0.3) is 5.91 Å². The lowest BCUT2D eigenvalue weighted by Crippen LogP contribution is -2.43. The Morgan fingerprint density at radius 1 is 1.48 bits per heavy atom. The molecule has 0 spiro atoms. The molecule has 0 saturated carbocycles. The van der Waals surface area contributed by atoms with Crippen molar-refractivity contribution in [2.45, 2.75) is 25.1 Å². The maximum atomic E-state index is 12.9. The maximum Gasteiger partial charge on any atom is 0.418 e. The predicted molar refractivity (Wildman–Crippen MR) is 76.5 cm³/mol. The quantitative estimate of drug-likeness (QED) is 0.861. The summed E-state index contributed by atoms with van der Waals surface area (Å²) >= 11 is 0. The first kappa shape index (κ1) is 17.0. The van der Waals surface area contributed by atoms with Gasteiger partial charge in [-0.05, 0) is 31.1 Å². The summed E-state index contributed by atoms with van der Waals surface area (Å²) in [6.45, 7) is 4.03. The van der Waals surface area contributed by atoms with Gasteiger partial charge in [0.2, 0.25) is 5.91 Å². The summed E-state index contributed by atoms with van der Waals surface area (Å²) in [5.41, 5.74) is -1.75. The van der Waals surface area contributed by atoms with Crippen LogP contribution < -0.4 is 5.32 Å². The summed E-state index contributed by atoms with van der Waals surface area (Å²) in [4.78, 5) is 28.8. The minimum atomic E-state index is -4.65. The number of aromatic nitrogens is 1. The van der Waals surface area contributed by atoms with Gasteiger partial charge < -0.3 is 10.2 Å². The van der Waals surface area contributed by atoms with E-state index in [2.05, 4.69) is 16.9 Å². The minimum Gasteiger partial charge on any atom is -0.349 e. The molecule has 1 atom stereocenters. The largest absolute Gasteiger partial charge is 0.418 e. The fraction of sp³-hybridized carbons (Fsp3) is 0.400. The smallest absolute Gasteiger partial charge is 0.349 e. The van der Waals surface area contributed by atoms with Gasteiger partial charge in [-0.1, -0.05) is 6.58 Å². The Kier molecular flexibility index (Phi) is 5.02. The first-order chi connectivity index (χ1) is 10.8. The number of carbonyl (C=O) groups excluding carboxylic acids is 2.